The van der Waals surface area contributed by atoms with Gasteiger partial charge in [-0.05, 0) is 62.6 Å². The van der Waals surface area contributed by atoms with E-state index >= 15 is 0 Å². The topological polar surface area (TPSA) is 58.6 Å². The molecule has 2 aromatic carbocycles. The number of imide groups is 1. The van der Waals surface area contributed by atoms with E-state index in [1.54, 1.807) is 24.3 Å². The number of anilines is 1. The smallest absolute Gasteiger partial charge is 0.278 e. The van der Waals surface area contributed by atoms with E-state index in [0.717, 1.165) is 5.56 Å². The molecule has 1 aliphatic rings. The van der Waals surface area contributed by atoms with E-state index < -0.39 is 0 Å². The van der Waals surface area contributed by atoms with Gasteiger partial charge in [0.15, 0.2) is 0 Å². The normalized spacial score (nSPS) is 14.2. The first-order valence-corrected chi connectivity index (χ1v) is 10.1. The molecule has 6 heteroatoms. The van der Waals surface area contributed by atoms with Gasteiger partial charge >= 0.3 is 0 Å². The number of amides is 2. The van der Waals surface area contributed by atoms with Gasteiger partial charge in [0.2, 0.25) is 0 Å². The summed E-state index contributed by atoms with van der Waals surface area (Å²) in [6.45, 7) is 8.13. The second kappa shape index (κ2) is 8.70. The molecule has 1 aliphatic heterocycles. The SMILES string of the molecule is CCCN1C(=O)C(Nc2cc(Cl)ccc2C)=C(c2ccc(OC(C)C)cc2)C1=O. The van der Waals surface area contributed by atoms with Crippen molar-refractivity contribution in [3.63, 3.8) is 0 Å². The monoisotopic (exact) mass is 412 g/mol. The first-order chi connectivity index (χ1) is 13.8. The molecule has 0 fully saturated rings. The van der Waals surface area contributed by atoms with E-state index in [0.29, 0.717) is 40.6 Å². The van der Waals surface area contributed by atoms with E-state index in [9.17, 15) is 9.59 Å². The molecule has 3 rings (SSSR count). The number of aryl methyl sites for hydroxylation is 1. The lowest BCUT2D eigenvalue weighted by molar-refractivity contribution is -0.136. The third kappa shape index (κ3) is 4.46. The molecule has 1 heterocycles. The fourth-order valence-corrected chi connectivity index (χ4v) is 3.39. The van der Waals surface area contributed by atoms with Gasteiger partial charge in [0.1, 0.15) is 11.4 Å². The van der Waals surface area contributed by atoms with E-state index in [2.05, 4.69) is 5.32 Å². The Morgan fingerprint density at radius 2 is 1.76 bits per heavy atom. The maximum absolute atomic E-state index is 13.1. The standard InChI is InChI=1S/C23H25ClN2O3/c1-5-12-26-22(27)20(16-7-10-18(11-8-16)29-14(2)3)21(23(26)28)25-19-13-17(24)9-6-15(19)4/h6-11,13-14,25H,5,12H2,1-4H3. The summed E-state index contributed by atoms with van der Waals surface area (Å²) in [4.78, 5) is 27.4. The van der Waals surface area contributed by atoms with Crippen molar-refractivity contribution < 1.29 is 14.3 Å². The van der Waals surface area contributed by atoms with Crippen LogP contribution in [0.2, 0.25) is 5.02 Å². The Balaban J connectivity index is 2.04. The highest BCUT2D eigenvalue weighted by Gasteiger charge is 2.38. The Morgan fingerprint density at radius 3 is 2.38 bits per heavy atom. The number of benzene rings is 2. The number of halogens is 1. The molecular weight excluding hydrogens is 388 g/mol. The summed E-state index contributed by atoms with van der Waals surface area (Å²) in [5, 5.41) is 3.72. The van der Waals surface area contributed by atoms with E-state index in [1.807, 2.05) is 45.9 Å². The van der Waals surface area contributed by atoms with Gasteiger partial charge in [0.05, 0.1) is 11.7 Å². The predicted molar refractivity (Wildman–Crippen MR) is 116 cm³/mol. The average Bonchev–Trinajstić information content (AvgIpc) is 2.90. The second-order valence-electron chi connectivity index (χ2n) is 7.29. The molecule has 0 unspecified atom stereocenters. The summed E-state index contributed by atoms with van der Waals surface area (Å²) in [5.41, 5.74) is 2.92. The number of carbonyl (C=O) groups excluding carboxylic acids is 2. The van der Waals surface area contributed by atoms with Gasteiger partial charge in [-0.15, -0.1) is 0 Å². The summed E-state index contributed by atoms with van der Waals surface area (Å²) >= 11 is 6.13. The Morgan fingerprint density at radius 1 is 1.07 bits per heavy atom. The number of hydrogen-bond acceptors (Lipinski definition) is 4. The molecule has 0 radical (unpaired) electrons. The number of carbonyl (C=O) groups is 2. The number of nitrogens with one attached hydrogen (secondary N) is 1. The van der Waals surface area contributed by atoms with Gasteiger partial charge < -0.3 is 10.1 Å². The molecule has 0 aliphatic carbocycles. The largest absolute Gasteiger partial charge is 0.491 e. The predicted octanol–water partition coefficient (Wildman–Crippen LogP) is 5.04. The quantitative estimate of drug-likeness (QED) is 0.647. The van der Waals surface area contributed by atoms with Crippen molar-refractivity contribution in [3.8, 4) is 5.75 Å². The summed E-state index contributed by atoms with van der Waals surface area (Å²) < 4.78 is 5.68. The van der Waals surface area contributed by atoms with E-state index in [-0.39, 0.29) is 23.6 Å². The summed E-state index contributed by atoms with van der Waals surface area (Å²) in [5.74, 6) is 0.0945. The minimum Gasteiger partial charge on any atom is -0.491 e. The zero-order chi connectivity index (χ0) is 21.1. The molecule has 1 N–H and O–H groups in total. The molecule has 0 saturated heterocycles. The van der Waals surface area contributed by atoms with Crippen LogP contribution in [-0.2, 0) is 9.59 Å². The summed E-state index contributed by atoms with van der Waals surface area (Å²) in [7, 11) is 0. The Labute approximate surface area is 176 Å². The molecule has 0 saturated carbocycles. The fourth-order valence-electron chi connectivity index (χ4n) is 3.22. The van der Waals surface area contributed by atoms with Crippen LogP contribution >= 0.6 is 11.6 Å². The summed E-state index contributed by atoms with van der Waals surface area (Å²) in [6, 6.07) is 12.6. The van der Waals surface area contributed by atoms with Crippen molar-refractivity contribution in [1.29, 1.82) is 0 Å². The van der Waals surface area contributed by atoms with E-state index in [1.165, 1.54) is 4.90 Å². The van der Waals surface area contributed by atoms with Crippen molar-refractivity contribution in [2.45, 2.75) is 40.2 Å². The molecule has 29 heavy (non-hydrogen) atoms. The van der Waals surface area contributed by atoms with Crippen molar-refractivity contribution in [2.75, 3.05) is 11.9 Å². The highest BCUT2D eigenvalue weighted by atomic mass is 35.5. The lowest BCUT2D eigenvalue weighted by Crippen LogP contribution is -2.33. The first kappa shape index (κ1) is 20.9. The third-order valence-electron chi connectivity index (χ3n) is 4.59. The van der Waals surface area contributed by atoms with Crippen molar-refractivity contribution in [1.82, 2.24) is 4.90 Å². The second-order valence-corrected chi connectivity index (χ2v) is 7.72. The van der Waals surface area contributed by atoms with Crippen LogP contribution in [0.5, 0.6) is 5.75 Å². The van der Waals surface area contributed by atoms with Crippen LogP contribution in [0.3, 0.4) is 0 Å². The van der Waals surface area contributed by atoms with Crippen LogP contribution in [0.1, 0.15) is 38.3 Å². The zero-order valence-electron chi connectivity index (χ0n) is 17.1. The maximum atomic E-state index is 13.1. The van der Waals surface area contributed by atoms with Gasteiger partial charge in [-0.25, -0.2) is 0 Å². The van der Waals surface area contributed by atoms with Crippen LogP contribution in [0.4, 0.5) is 5.69 Å². The van der Waals surface area contributed by atoms with Crippen molar-refractivity contribution in [2.24, 2.45) is 0 Å². The number of hydrogen-bond donors (Lipinski definition) is 1. The Hall–Kier alpha value is -2.79. The van der Waals surface area contributed by atoms with Gasteiger partial charge in [-0.2, -0.15) is 0 Å². The Bertz CT molecular complexity index is 965. The lowest BCUT2D eigenvalue weighted by atomic mass is 10.0. The summed E-state index contributed by atoms with van der Waals surface area (Å²) in [6.07, 6.45) is 0.743. The van der Waals surface area contributed by atoms with E-state index in [4.69, 9.17) is 16.3 Å². The van der Waals surface area contributed by atoms with Gasteiger partial charge in [-0.3, -0.25) is 14.5 Å². The molecule has 2 amide bonds. The molecule has 0 atom stereocenters. The van der Waals surface area contributed by atoms with Gasteiger partial charge in [0.25, 0.3) is 11.8 Å². The molecule has 5 nitrogen and oxygen atoms in total. The number of ether oxygens (including phenoxy) is 1. The lowest BCUT2D eigenvalue weighted by Gasteiger charge is -2.14. The molecule has 0 bridgehead atoms. The molecular formula is C23H25ClN2O3. The Kier molecular flexibility index (Phi) is 6.28. The fraction of sp³-hybridized carbons (Fsp3) is 0.304. The zero-order valence-corrected chi connectivity index (χ0v) is 17.8. The average molecular weight is 413 g/mol. The third-order valence-corrected chi connectivity index (χ3v) is 4.82. The van der Waals surface area contributed by atoms with Crippen LogP contribution in [0.15, 0.2) is 48.2 Å². The van der Waals surface area contributed by atoms with Crippen molar-refractivity contribution in [3.05, 3.63) is 64.3 Å². The molecule has 152 valence electrons. The van der Waals surface area contributed by atoms with Gasteiger partial charge in [-0.1, -0.05) is 36.7 Å². The van der Waals surface area contributed by atoms with Crippen LogP contribution in [-0.4, -0.2) is 29.4 Å². The molecule has 0 spiro atoms. The first-order valence-electron chi connectivity index (χ1n) is 9.72. The number of rotatable bonds is 7. The molecule has 2 aromatic rings. The molecule has 0 aromatic heterocycles. The van der Waals surface area contributed by atoms with Crippen LogP contribution in [0, 0.1) is 6.92 Å². The minimum absolute atomic E-state index is 0.0535. The minimum atomic E-state index is -0.325. The number of nitrogens with zero attached hydrogens (tertiary/aromatic N) is 1. The highest BCUT2D eigenvalue weighted by molar-refractivity contribution is 6.36. The van der Waals surface area contributed by atoms with Crippen molar-refractivity contribution >= 4 is 34.7 Å². The van der Waals surface area contributed by atoms with Crippen LogP contribution in [0.25, 0.3) is 5.57 Å². The van der Waals surface area contributed by atoms with Crippen LogP contribution < -0.4 is 10.1 Å². The highest BCUT2D eigenvalue weighted by Crippen LogP contribution is 2.33. The van der Waals surface area contributed by atoms with Gasteiger partial charge in [0, 0.05) is 17.3 Å². The maximum Gasteiger partial charge on any atom is 0.278 e.